The highest BCUT2D eigenvalue weighted by Gasteiger charge is 2.43. The largest absolute Gasteiger partial charge is 0.462 e. The third kappa shape index (κ3) is 4.64. The maximum absolute atomic E-state index is 13.8. The van der Waals surface area contributed by atoms with Gasteiger partial charge in [0.2, 0.25) is 0 Å². The number of aromatic nitrogens is 3. The van der Waals surface area contributed by atoms with Crippen LogP contribution < -0.4 is 5.32 Å². The normalized spacial score (nSPS) is 20.9. The summed E-state index contributed by atoms with van der Waals surface area (Å²) in [5.41, 5.74) is 0.214. The summed E-state index contributed by atoms with van der Waals surface area (Å²) in [6.07, 6.45) is 0.834. The van der Waals surface area contributed by atoms with Crippen molar-refractivity contribution >= 4 is 21.9 Å². The fraction of sp³-hybridized carbons (Fsp3) is 0.571. The predicted molar refractivity (Wildman–Crippen MR) is 111 cm³/mol. The molecule has 2 atom stereocenters. The van der Waals surface area contributed by atoms with Gasteiger partial charge in [-0.25, -0.2) is 4.68 Å². The zero-order chi connectivity index (χ0) is 22.2. The molecule has 6 nitrogen and oxygen atoms in total. The lowest BCUT2D eigenvalue weighted by Gasteiger charge is -2.31. The van der Waals surface area contributed by atoms with E-state index in [1.807, 2.05) is 0 Å². The van der Waals surface area contributed by atoms with E-state index in [0.717, 1.165) is 13.1 Å². The van der Waals surface area contributed by atoms with E-state index < -0.39 is 18.0 Å². The highest BCUT2D eigenvalue weighted by Crippen LogP contribution is 2.43. The van der Waals surface area contributed by atoms with Gasteiger partial charge < -0.3 is 10.1 Å². The number of halogens is 4. The molecule has 2 aromatic heterocycles. The summed E-state index contributed by atoms with van der Waals surface area (Å²) in [6.45, 7) is 3.29. The van der Waals surface area contributed by atoms with Crippen LogP contribution in [0.4, 0.5) is 13.2 Å². The molecule has 31 heavy (non-hydrogen) atoms. The molecule has 2 aliphatic rings. The summed E-state index contributed by atoms with van der Waals surface area (Å²) in [5, 5.41) is 7.17. The second kappa shape index (κ2) is 8.90. The molecule has 3 heterocycles. The molecule has 1 saturated heterocycles. The van der Waals surface area contributed by atoms with Crippen LogP contribution in [0.3, 0.4) is 0 Å². The van der Waals surface area contributed by atoms with E-state index in [1.54, 1.807) is 19.2 Å². The Bertz CT molecular complexity index is 957. The fourth-order valence-electron chi connectivity index (χ4n) is 4.54. The minimum atomic E-state index is -4.56. The molecule has 0 aromatic carbocycles. The maximum Gasteiger partial charge on any atom is 0.435 e. The first-order chi connectivity index (χ1) is 14.8. The first-order valence-corrected chi connectivity index (χ1v) is 11.3. The summed E-state index contributed by atoms with van der Waals surface area (Å²) >= 11 is 3.32. The minimum absolute atomic E-state index is 0.170. The van der Waals surface area contributed by atoms with Crippen LogP contribution in [0.15, 0.2) is 22.9 Å². The fourth-order valence-corrected chi connectivity index (χ4v) is 4.90. The van der Waals surface area contributed by atoms with Crippen LogP contribution in [0.1, 0.15) is 55.5 Å². The number of rotatable bonds is 4. The Kier molecular flexibility index (Phi) is 6.39. The van der Waals surface area contributed by atoms with E-state index in [4.69, 9.17) is 4.74 Å². The number of hydrogen-bond donors (Lipinski definition) is 1. The van der Waals surface area contributed by atoms with E-state index in [1.165, 1.54) is 10.9 Å². The number of carbonyl (C=O) groups is 1. The number of nitrogens with one attached hydrogen (secondary N) is 1. The number of ether oxygens (including phenoxy) is 1. The number of carbonyl (C=O) groups excluding carboxylic acids is 1. The Labute approximate surface area is 186 Å². The van der Waals surface area contributed by atoms with E-state index in [-0.39, 0.29) is 29.8 Å². The van der Waals surface area contributed by atoms with Gasteiger partial charge in [0.15, 0.2) is 5.69 Å². The molecular formula is C21H24BrF3N4O2. The Morgan fingerprint density at radius 3 is 2.71 bits per heavy atom. The van der Waals surface area contributed by atoms with Crippen molar-refractivity contribution < 1.29 is 22.7 Å². The third-order valence-corrected chi connectivity index (χ3v) is 6.49. The van der Waals surface area contributed by atoms with Gasteiger partial charge >= 0.3 is 12.1 Å². The van der Waals surface area contributed by atoms with Crippen LogP contribution in [-0.4, -0.2) is 39.9 Å². The molecule has 10 heteroatoms. The second-order valence-electron chi connectivity index (χ2n) is 8.15. The number of hydrogen-bond acceptors (Lipinski definition) is 5. The van der Waals surface area contributed by atoms with E-state index in [2.05, 4.69) is 31.3 Å². The SMILES string of the molecule is CC(OC(=O)C1CCNCC1)C1CCCc2c(C(F)(F)F)nn(-c3cncc(Br)c3)c21. The standard InChI is InChI=1S/C21H24BrF3N4O2/c1-12(31-20(30)13-5-7-26-8-6-13)16-3-2-4-17-18(16)29(28-19(17)21(23,24)25)15-9-14(22)10-27-11-15/h9-13,16,26H,2-8H2,1H3. The Balaban J connectivity index is 1.70. The smallest absolute Gasteiger partial charge is 0.435 e. The topological polar surface area (TPSA) is 69.0 Å². The molecule has 2 aromatic rings. The van der Waals surface area contributed by atoms with E-state index >= 15 is 0 Å². The molecule has 1 fully saturated rings. The van der Waals surface area contributed by atoms with Crippen molar-refractivity contribution in [3.63, 3.8) is 0 Å². The van der Waals surface area contributed by atoms with E-state index in [9.17, 15) is 18.0 Å². The number of piperidine rings is 1. The van der Waals surface area contributed by atoms with Gasteiger partial charge in [0.1, 0.15) is 6.10 Å². The highest BCUT2D eigenvalue weighted by molar-refractivity contribution is 9.10. The summed E-state index contributed by atoms with van der Waals surface area (Å²) in [6, 6.07) is 1.68. The lowest BCUT2D eigenvalue weighted by molar-refractivity contribution is -0.155. The number of pyridine rings is 1. The lowest BCUT2D eigenvalue weighted by atomic mass is 9.83. The van der Waals surface area contributed by atoms with Gasteiger partial charge in [0.05, 0.1) is 23.5 Å². The van der Waals surface area contributed by atoms with Crippen LogP contribution in [0.25, 0.3) is 5.69 Å². The predicted octanol–water partition coefficient (Wildman–Crippen LogP) is 4.40. The van der Waals surface area contributed by atoms with Crippen molar-refractivity contribution in [2.24, 2.45) is 5.92 Å². The summed E-state index contributed by atoms with van der Waals surface area (Å²) in [5.74, 6) is -0.818. The Morgan fingerprint density at radius 1 is 1.29 bits per heavy atom. The first kappa shape index (κ1) is 22.3. The van der Waals surface area contributed by atoms with Crippen molar-refractivity contribution in [1.82, 2.24) is 20.1 Å². The highest BCUT2D eigenvalue weighted by atomic mass is 79.9. The van der Waals surface area contributed by atoms with Crippen LogP contribution in [0, 0.1) is 5.92 Å². The molecule has 0 spiro atoms. The van der Waals surface area contributed by atoms with Crippen LogP contribution in [0.5, 0.6) is 0 Å². The Morgan fingerprint density at radius 2 is 2.03 bits per heavy atom. The average Bonchev–Trinajstić information content (AvgIpc) is 3.14. The lowest BCUT2D eigenvalue weighted by Crippen LogP contribution is -2.35. The Hall–Kier alpha value is -1.94. The van der Waals surface area contributed by atoms with Crippen LogP contribution in [0.2, 0.25) is 0 Å². The van der Waals surface area contributed by atoms with Gasteiger partial charge in [-0.2, -0.15) is 18.3 Å². The van der Waals surface area contributed by atoms with Gasteiger partial charge in [-0.15, -0.1) is 0 Å². The number of fused-ring (bicyclic) bond motifs is 1. The zero-order valence-corrected chi connectivity index (χ0v) is 18.7. The molecule has 0 radical (unpaired) electrons. The van der Waals surface area contributed by atoms with Gasteiger partial charge in [0, 0.05) is 22.2 Å². The number of esters is 1. The second-order valence-corrected chi connectivity index (χ2v) is 9.06. The van der Waals surface area contributed by atoms with Gasteiger partial charge in [-0.05, 0) is 74.1 Å². The molecule has 4 rings (SSSR count). The molecular weight excluding hydrogens is 477 g/mol. The molecule has 0 saturated carbocycles. The summed E-state index contributed by atoms with van der Waals surface area (Å²) < 4.78 is 49.1. The van der Waals surface area contributed by atoms with Gasteiger partial charge in [-0.3, -0.25) is 9.78 Å². The van der Waals surface area contributed by atoms with Gasteiger partial charge in [-0.1, -0.05) is 0 Å². The first-order valence-electron chi connectivity index (χ1n) is 10.5. The van der Waals surface area contributed by atoms with Crippen molar-refractivity contribution in [3.8, 4) is 5.69 Å². The summed E-state index contributed by atoms with van der Waals surface area (Å²) in [4.78, 5) is 16.7. The minimum Gasteiger partial charge on any atom is -0.462 e. The van der Waals surface area contributed by atoms with Crippen LogP contribution >= 0.6 is 15.9 Å². The molecule has 0 amide bonds. The molecule has 168 valence electrons. The zero-order valence-electron chi connectivity index (χ0n) is 17.1. The van der Waals surface area contributed by atoms with Crippen molar-refractivity contribution in [1.29, 1.82) is 0 Å². The van der Waals surface area contributed by atoms with Crippen molar-refractivity contribution in [3.05, 3.63) is 39.9 Å². The maximum atomic E-state index is 13.8. The molecule has 0 bridgehead atoms. The quantitative estimate of drug-likeness (QED) is 0.630. The van der Waals surface area contributed by atoms with E-state index in [0.29, 0.717) is 41.5 Å². The number of alkyl halides is 3. The van der Waals surface area contributed by atoms with Crippen molar-refractivity contribution in [2.45, 2.75) is 57.2 Å². The third-order valence-electron chi connectivity index (χ3n) is 6.06. The molecule has 1 aliphatic carbocycles. The summed E-state index contributed by atoms with van der Waals surface area (Å²) in [7, 11) is 0. The molecule has 1 aliphatic heterocycles. The number of nitrogens with zero attached hydrogens (tertiary/aromatic N) is 3. The molecule has 1 N–H and O–H groups in total. The average molecular weight is 501 g/mol. The molecule has 2 unspecified atom stereocenters. The van der Waals surface area contributed by atoms with Crippen molar-refractivity contribution in [2.75, 3.05) is 13.1 Å². The van der Waals surface area contributed by atoms with Crippen LogP contribution in [-0.2, 0) is 22.1 Å². The van der Waals surface area contributed by atoms with Gasteiger partial charge in [0.25, 0.3) is 0 Å². The monoisotopic (exact) mass is 500 g/mol.